The van der Waals surface area contributed by atoms with E-state index in [1.807, 2.05) is 127 Å². The number of aliphatic imine (C=N–C) groups is 2. The van der Waals surface area contributed by atoms with Crippen molar-refractivity contribution >= 4 is 51.6 Å². The summed E-state index contributed by atoms with van der Waals surface area (Å²) >= 11 is 3.98. The van der Waals surface area contributed by atoms with Gasteiger partial charge >= 0.3 is 0 Å². The van der Waals surface area contributed by atoms with Gasteiger partial charge in [-0.25, -0.2) is 20.0 Å². The molecule has 0 amide bonds. The van der Waals surface area contributed by atoms with Gasteiger partial charge in [0.05, 0.1) is 32.6 Å². The maximum Gasteiger partial charge on any atom is 0.160 e. The highest BCUT2D eigenvalue weighted by Gasteiger charge is 2.24. The molecule has 7 heteroatoms. The molecular weight excluding hydrogens is 832 g/mol. The summed E-state index contributed by atoms with van der Waals surface area (Å²) < 4.78 is 7.48. The molecule has 8 aromatic rings. The molecule has 0 N–H and O–H groups in total. The van der Waals surface area contributed by atoms with Crippen molar-refractivity contribution in [2.45, 2.75) is 9.79 Å². The second kappa shape index (κ2) is 16.4. The van der Waals surface area contributed by atoms with E-state index < -0.39 is 0 Å². The molecule has 0 atom stereocenters. The van der Waals surface area contributed by atoms with Gasteiger partial charge in [-0.1, -0.05) is 164 Å². The second-order valence-electron chi connectivity index (χ2n) is 13.2. The number of para-hydroxylation sites is 3. The summed E-state index contributed by atoms with van der Waals surface area (Å²) in [5, 5.41) is 0. The fourth-order valence-electron chi connectivity index (χ4n) is 6.71. The highest BCUT2D eigenvalue weighted by Crippen LogP contribution is 2.52. The van der Waals surface area contributed by atoms with Crippen LogP contribution in [0.5, 0.6) is 11.5 Å². The van der Waals surface area contributed by atoms with Crippen LogP contribution in [-0.4, -0.2) is 21.5 Å². The van der Waals surface area contributed by atoms with E-state index in [4.69, 9.17) is 24.7 Å². The van der Waals surface area contributed by atoms with E-state index >= 15 is 0 Å². The van der Waals surface area contributed by atoms with Gasteiger partial charge in [0.2, 0.25) is 0 Å². The number of hydrogen-bond donors (Lipinski definition) is 0. The third-order valence-electron chi connectivity index (χ3n) is 9.44. The van der Waals surface area contributed by atoms with Crippen LogP contribution >= 0.6 is 34.4 Å². The van der Waals surface area contributed by atoms with Crippen LogP contribution in [-0.2, 0) is 0 Å². The van der Waals surface area contributed by atoms with Gasteiger partial charge < -0.3 is 4.74 Å². The quantitative estimate of drug-likeness (QED) is 0.0867. The van der Waals surface area contributed by atoms with Crippen molar-refractivity contribution in [3.8, 4) is 56.5 Å². The predicted molar refractivity (Wildman–Crippen MR) is 243 cm³/mol. The van der Waals surface area contributed by atoms with E-state index in [0.29, 0.717) is 17.4 Å². The average molecular weight is 865 g/mol. The van der Waals surface area contributed by atoms with Crippen molar-refractivity contribution in [3.05, 3.63) is 209 Å². The molecule has 0 saturated carbocycles. The Hall–Kier alpha value is -6.42. The van der Waals surface area contributed by atoms with Crippen LogP contribution in [0.25, 0.3) is 45.0 Å². The molecular formula is C50H33IN4OS. The SMILES string of the molecule is C=C(I)C(=NC(=Nc1ccccc1)c1ccccc1)c1ccc(-c2cccc3c2Oc2ccccc2S3)c(-c2cc(-c3ccccc3)nc(-c3ccccc3)n2)c1. The van der Waals surface area contributed by atoms with Crippen molar-refractivity contribution < 1.29 is 4.74 Å². The third-order valence-corrected chi connectivity index (χ3v) is 11.1. The molecule has 7 aromatic carbocycles. The zero-order valence-electron chi connectivity index (χ0n) is 30.6. The molecule has 9 rings (SSSR count). The minimum absolute atomic E-state index is 0.584. The monoisotopic (exact) mass is 864 g/mol. The summed E-state index contributed by atoms with van der Waals surface area (Å²) in [4.78, 5) is 22.8. The highest BCUT2D eigenvalue weighted by atomic mass is 127. The van der Waals surface area contributed by atoms with Crippen LogP contribution in [0.1, 0.15) is 11.1 Å². The largest absolute Gasteiger partial charge is 0.454 e. The summed E-state index contributed by atoms with van der Waals surface area (Å²) in [6.45, 7) is 4.41. The second-order valence-corrected chi connectivity index (χ2v) is 15.6. The van der Waals surface area contributed by atoms with Crippen molar-refractivity contribution in [1.29, 1.82) is 0 Å². The Bertz CT molecular complexity index is 2750. The lowest BCUT2D eigenvalue weighted by Gasteiger charge is -2.23. The number of halogens is 1. The van der Waals surface area contributed by atoms with Gasteiger partial charge in [-0.15, -0.1) is 0 Å². The van der Waals surface area contributed by atoms with E-state index in [-0.39, 0.29) is 0 Å². The lowest BCUT2D eigenvalue weighted by atomic mass is 9.92. The summed E-state index contributed by atoms with van der Waals surface area (Å²) in [6, 6.07) is 63.3. The number of aromatic nitrogens is 2. The van der Waals surface area contributed by atoms with Gasteiger partial charge in [-0.2, -0.15) is 0 Å². The molecule has 0 radical (unpaired) electrons. The molecule has 0 bridgehead atoms. The average Bonchev–Trinajstić information content (AvgIpc) is 3.27. The lowest BCUT2D eigenvalue weighted by Crippen LogP contribution is -2.08. The molecule has 1 aromatic heterocycles. The Kier molecular flexibility index (Phi) is 10.4. The first kappa shape index (κ1) is 36.2. The molecule has 0 unspecified atom stereocenters. The Morgan fingerprint density at radius 1 is 0.544 bits per heavy atom. The number of allylic oxidation sites excluding steroid dienone is 1. The fourth-order valence-corrected chi connectivity index (χ4v) is 8.13. The molecule has 0 spiro atoms. The third kappa shape index (κ3) is 7.85. The number of hydrogen-bond acceptors (Lipinski definition) is 5. The summed E-state index contributed by atoms with van der Waals surface area (Å²) in [5.74, 6) is 2.86. The summed E-state index contributed by atoms with van der Waals surface area (Å²) in [7, 11) is 0. The fraction of sp³-hybridized carbons (Fsp3) is 0. The molecule has 0 fully saturated rings. The minimum Gasteiger partial charge on any atom is -0.454 e. The Morgan fingerprint density at radius 2 is 1.18 bits per heavy atom. The predicted octanol–water partition coefficient (Wildman–Crippen LogP) is 13.9. The van der Waals surface area contributed by atoms with Crippen molar-refractivity contribution in [3.63, 3.8) is 0 Å². The Balaban J connectivity index is 1.28. The van der Waals surface area contributed by atoms with E-state index in [0.717, 1.165) is 80.9 Å². The van der Waals surface area contributed by atoms with Crippen LogP contribution in [0.3, 0.4) is 0 Å². The first-order valence-corrected chi connectivity index (χ1v) is 20.3. The molecule has 0 saturated heterocycles. The van der Waals surface area contributed by atoms with Gasteiger partial charge in [-0.3, -0.25) is 0 Å². The Morgan fingerprint density at radius 3 is 1.91 bits per heavy atom. The van der Waals surface area contributed by atoms with Gasteiger partial charge in [0, 0.05) is 37.0 Å². The number of rotatable bonds is 8. The smallest absolute Gasteiger partial charge is 0.160 e. The lowest BCUT2D eigenvalue weighted by molar-refractivity contribution is 0.456. The number of ether oxygens (including phenoxy) is 1. The van der Waals surface area contributed by atoms with Gasteiger partial charge in [0.1, 0.15) is 11.5 Å². The highest BCUT2D eigenvalue weighted by molar-refractivity contribution is 14.1. The first-order chi connectivity index (χ1) is 28.1. The molecule has 1 aliphatic heterocycles. The molecule has 5 nitrogen and oxygen atoms in total. The van der Waals surface area contributed by atoms with Crippen molar-refractivity contribution in [1.82, 2.24) is 9.97 Å². The Labute approximate surface area is 349 Å². The molecule has 57 heavy (non-hydrogen) atoms. The number of fused-ring (bicyclic) bond motifs is 2. The van der Waals surface area contributed by atoms with E-state index in [2.05, 4.69) is 89.8 Å². The molecule has 0 aliphatic carbocycles. The van der Waals surface area contributed by atoms with Crippen LogP contribution in [0.4, 0.5) is 5.69 Å². The molecule has 1 aliphatic rings. The zero-order chi connectivity index (χ0) is 38.6. The maximum absolute atomic E-state index is 6.71. The number of nitrogens with zero attached hydrogens (tertiary/aromatic N) is 4. The van der Waals surface area contributed by atoms with Gasteiger partial charge in [-0.05, 0) is 70.6 Å². The first-order valence-electron chi connectivity index (χ1n) is 18.4. The van der Waals surface area contributed by atoms with Gasteiger partial charge in [0.15, 0.2) is 11.7 Å². The van der Waals surface area contributed by atoms with Crippen LogP contribution < -0.4 is 4.74 Å². The van der Waals surface area contributed by atoms with E-state index in [9.17, 15) is 0 Å². The topological polar surface area (TPSA) is 59.7 Å². The molecule has 272 valence electrons. The standard InChI is InChI=1S/C50H33IN4OS/c1-33(51)47(55-49(35-19-8-3-9-20-35)52-38-23-12-5-13-24-38)37-29-30-39(40-25-16-28-46-48(40)56-44-26-14-15-27-45(44)57-46)41(31-37)43-32-42(34-17-6-2-7-18-34)53-50(54-43)36-21-10-4-11-22-36/h2-32H,1H2. The molecule has 2 heterocycles. The van der Waals surface area contributed by atoms with Crippen LogP contribution in [0, 0.1) is 0 Å². The number of benzene rings is 7. The van der Waals surface area contributed by atoms with Crippen molar-refractivity contribution in [2.24, 2.45) is 9.98 Å². The minimum atomic E-state index is 0.584. The maximum atomic E-state index is 6.71. The normalized spacial score (nSPS) is 12.3. The van der Waals surface area contributed by atoms with Crippen LogP contribution in [0.15, 0.2) is 218 Å². The zero-order valence-corrected chi connectivity index (χ0v) is 33.6. The van der Waals surface area contributed by atoms with E-state index in [1.54, 1.807) is 11.8 Å². The van der Waals surface area contributed by atoms with Gasteiger partial charge in [0.25, 0.3) is 0 Å². The van der Waals surface area contributed by atoms with Crippen molar-refractivity contribution in [2.75, 3.05) is 0 Å². The number of amidine groups is 1. The summed E-state index contributed by atoms with van der Waals surface area (Å²) in [6.07, 6.45) is 0. The summed E-state index contributed by atoms with van der Waals surface area (Å²) in [5.41, 5.74) is 9.62. The van der Waals surface area contributed by atoms with Crippen LogP contribution in [0.2, 0.25) is 0 Å². The van der Waals surface area contributed by atoms with E-state index in [1.165, 1.54) is 0 Å².